The molecule has 25 heavy (non-hydrogen) atoms. The molecule has 0 N–H and O–H groups in total. The first-order chi connectivity index (χ1) is 12.1. The molecule has 2 aliphatic rings. The van der Waals surface area contributed by atoms with Gasteiger partial charge in [-0.25, -0.2) is 0 Å². The summed E-state index contributed by atoms with van der Waals surface area (Å²) in [4.78, 5) is 14.3. The number of hydrogen-bond donors (Lipinski definition) is 0. The number of fused-ring (bicyclic) bond motifs is 1. The lowest BCUT2D eigenvalue weighted by Crippen LogP contribution is -2.28. The third kappa shape index (κ3) is 2.94. The molecule has 0 spiro atoms. The number of carbonyl (C=O) groups excluding carboxylic acids is 1. The van der Waals surface area contributed by atoms with Crippen LogP contribution >= 0.6 is 39.3 Å². The van der Waals surface area contributed by atoms with Gasteiger partial charge in [-0.05, 0) is 30.3 Å². The average molecular weight is 443 g/mol. The number of anilines is 1. The fraction of sp³-hybridized carbons (Fsp3) is 0.235. The number of ether oxygens (including phenoxy) is 3. The lowest BCUT2D eigenvalue weighted by Gasteiger charge is -2.27. The van der Waals surface area contributed by atoms with Gasteiger partial charge in [0.2, 0.25) is 12.7 Å². The van der Waals surface area contributed by atoms with Crippen molar-refractivity contribution in [3.8, 4) is 17.2 Å². The van der Waals surface area contributed by atoms with Gasteiger partial charge in [-0.2, -0.15) is 0 Å². The van der Waals surface area contributed by atoms with Crippen molar-refractivity contribution in [2.24, 2.45) is 0 Å². The Kier molecular flexibility index (Phi) is 4.47. The number of thioether (sulfide) groups is 1. The largest absolute Gasteiger partial charge is 0.495 e. The Balaban J connectivity index is 1.80. The van der Waals surface area contributed by atoms with Gasteiger partial charge in [0.1, 0.15) is 11.1 Å². The average Bonchev–Trinajstić information content (AvgIpc) is 3.19. The Hall–Kier alpha value is -1.57. The lowest BCUT2D eigenvalue weighted by atomic mass is 10.1. The van der Waals surface area contributed by atoms with E-state index in [1.54, 1.807) is 42.0 Å². The molecular weight excluding hydrogens is 430 g/mol. The van der Waals surface area contributed by atoms with Crippen molar-refractivity contribution in [3.63, 3.8) is 0 Å². The van der Waals surface area contributed by atoms with Crippen LogP contribution in [-0.4, -0.2) is 25.6 Å². The SMILES string of the molecule is COc1ccc(Cl)cc1N1C(=O)CSC1c1cc2c(cc1Br)OCO2. The molecule has 0 aromatic heterocycles. The second-order valence-electron chi connectivity index (χ2n) is 5.47. The predicted octanol–water partition coefficient (Wildman–Crippen LogP) is 4.62. The zero-order chi connectivity index (χ0) is 17.6. The highest BCUT2D eigenvalue weighted by atomic mass is 79.9. The molecule has 1 fully saturated rings. The van der Waals surface area contributed by atoms with Crippen LogP contribution < -0.4 is 19.1 Å². The van der Waals surface area contributed by atoms with Crippen molar-refractivity contribution in [2.45, 2.75) is 5.37 Å². The van der Waals surface area contributed by atoms with Crippen LogP contribution in [0.1, 0.15) is 10.9 Å². The first-order valence-corrected chi connectivity index (χ1v) is 9.66. The Labute approximate surface area is 162 Å². The lowest BCUT2D eigenvalue weighted by molar-refractivity contribution is -0.115. The highest BCUT2D eigenvalue weighted by Crippen LogP contribution is 2.49. The summed E-state index contributed by atoms with van der Waals surface area (Å²) in [6, 6.07) is 9.03. The normalized spacial score (nSPS) is 18.8. The van der Waals surface area contributed by atoms with E-state index in [1.807, 2.05) is 12.1 Å². The van der Waals surface area contributed by atoms with Crippen LogP contribution in [0.25, 0.3) is 0 Å². The zero-order valence-corrected chi connectivity index (χ0v) is 16.3. The maximum atomic E-state index is 12.6. The van der Waals surface area contributed by atoms with Crippen LogP contribution in [0.3, 0.4) is 0 Å². The van der Waals surface area contributed by atoms with E-state index < -0.39 is 0 Å². The Morgan fingerprint density at radius 2 is 2.04 bits per heavy atom. The third-order valence-electron chi connectivity index (χ3n) is 4.03. The molecule has 1 unspecified atom stereocenters. The van der Waals surface area contributed by atoms with E-state index >= 15 is 0 Å². The smallest absolute Gasteiger partial charge is 0.238 e. The molecule has 2 aliphatic heterocycles. The van der Waals surface area contributed by atoms with Gasteiger partial charge in [-0.1, -0.05) is 27.5 Å². The number of methoxy groups -OCH3 is 1. The Bertz CT molecular complexity index is 863. The summed E-state index contributed by atoms with van der Waals surface area (Å²) in [5.41, 5.74) is 1.58. The molecule has 1 saturated heterocycles. The van der Waals surface area contributed by atoms with Crippen molar-refractivity contribution >= 4 is 50.9 Å². The quantitative estimate of drug-likeness (QED) is 0.694. The number of hydrogen-bond acceptors (Lipinski definition) is 5. The zero-order valence-electron chi connectivity index (χ0n) is 13.1. The third-order valence-corrected chi connectivity index (χ3v) is 6.14. The monoisotopic (exact) mass is 441 g/mol. The number of amides is 1. The van der Waals surface area contributed by atoms with Gasteiger partial charge in [0.15, 0.2) is 11.5 Å². The summed E-state index contributed by atoms with van der Waals surface area (Å²) in [7, 11) is 1.58. The first kappa shape index (κ1) is 16.9. The van der Waals surface area contributed by atoms with Crippen LogP contribution in [0.15, 0.2) is 34.8 Å². The second kappa shape index (κ2) is 6.63. The van der Waals surface area contributed by atoms with Crippen LogP contribution in [0, 0.1) is 0 Å². The Morgan fingerprint density at radius 1 is 1.28 bits per heavy atom. The minimum atomic E-state index is -0.219. The maximum absolute atomic E-state index is 12.6. The van der Waals surface area contributed by atoms with E-state index in [4.69, 9.17) is 25.8 Å². The van der Waals surface area contributed by atoms with Crippen LogP contribution in [0.2, 0.25) is 5.02 Å². The summed E-state index contributed by atoms with van der Waals surface area (Å²) in [5, 5.41) is 0.327. The van der Waals surface area contributed by atoms with Gasteiger partial charge in [-0.15, -0.1) is 11.8 Å². The molecule has 0 bridgehead atoms. The van der Waals surface area contributed by atoms with Crippen LogP contribution in [-0.2, 0) is 4.79 Å². The number of carbonyl (C=O) groups is 1. The highest BCUT2D eigenvalue weighted by Gasteiger charge is 2.37. The van der Waals surface area contributed by atoms with E-state index in [1.165, 1.54) is 0 Å². The van der Waals surface area contributed by atoms with Gasteiger partial charge in [0.05, 0.1) is 18.6 Å². The molecule has 0 saturated carbocycles. The summed E-state index contributed by atoms with van der Waals surface area (Å²) < 4.78 is 17.2. The van der Waals surface area contributed by atoms with Crippen molar-refractivity contribution in [1.29, 1.82) is 0 Å². The van der Waals surface area contributed by atoms with Gasteiger partial charge >= 0.3 is 0 Å². The van der Waals surface area contributed by atoms with E-state index in [2.05, 4.69) is 15.9 Å². The summed E-state index contributed by atoms with van der Waals surface area (Å²) >= 11 is 11.3. The molecule has 2 aromatic rings. The second-order valence-corrected chi connectivity index (χ2v) is 7.83. The van der Waals surface area contributed by atoms with Gasteiger partial charge in [0, 0.05) is 15.1 Å². The van der Waals surface area contributed by atoms with Crippen molar-refractivity contribution in [3.05, 3.63) is 45.4 Å². The molecule has 5 nitrogen and oxygen atoms in total. The molecule has 4 rings (SSSR count). The molecule has 0 aliphatic carbocycles. The highest BCUT2D eigenvalue weighted by molar-refractivity contribution is 9.10. The molecule has 2 aromatic carbocycles. The molecule has 1 amide bonds. The Morgan fingerprint density at radius 3 is 2.80 bits per heavy atom. The summed E-state index contributed by atoms with van der Waals surface area (Å²) in [6.07, 6.45) is 0. The first-order valence-electron chi connectivity index (χ1n) is 7.44. The maximum Gasteiger partial charge on any atom is 0.238 e. The fourth-order valence-corrected chi connectivity index (χ4v) is 4.94. The van der Waals surface area contributed by atoms with E-state index in [-0.39, 0.29) is 18.1 Å². The van der Waals surface area contributed by atoms with Crippen molar-refractivity contribution in [1.82, 2.24) is 0 Å². The van der Waals surface area contributed by atoms with E-state index in [9.17, 15) is 4.79 Å². The van der Waals surface area contributed by atoms with Crippen LogP contribution in [0.5, 0.6) is 17.2 Å². The molecule has 0 radical (unpaired) electrons. The van der Waals surface area contributed by atoms with Gasteiger partial charge < -0.3 is 14.2 Å². The van der Waals surface area contributed by atoms with Gasteiger partial charge in [-0.3, -0.25) is 9.69 Å². The van der Waals surface area contributed by atoms with Crippen molar-refractivity contribution in [2.75, 3.05) is 24.6 Å². The number of nitrogens with zero attached hydrogens (tertiary/aromatic N) is 1. The van der Waals surface area contributed by atoms with Crippen molar-refractivity contribution < 1.29 is 19.0 Å². The minimum absolute atomic E-state index is 0.000124. The fourth-order valence-electron chi connectivity index (χ4n) is 2.89. The molecule has 8 heteroatoms. The van der Waals surface area contributed by atoms with E-state index in [0.717, 1.165) is 10.0 Å². The number of rotatable bonds is 3. The molecule has 1 atom stereocenters. The van der Waals surface area contributed by atoms with Crippen LogP contribution in [0.4, 0.5) is 5.69 Å². The molecular formula is C17H13BrClNO4S. The molecule has 2 heterocycles. The summed E-state index contributed by atoms with van der Waals surface area (Å²) in [5.74, 6) is 2.34. The van der Waals surface area contributed by atoms with Gasteiger partial charge in [0.25, 0.3) is 0 Å². The topological polar surface area (TPSA) is 48.0 Å². The number of benzene rings is 2. The number of halogens is 2. The molecule has 130 valence electrons. The standard InChI is InChI=1S/C17H13BrClNO4S/c1-22-13-3-2-9(19)4-12(13)20-16(21)7-25-17(20)10-5-14-15(6-11(10)18)24-8-23-14/h2-6,17H,7-8H2,1H3. The predicted molar refractivity (Wildman–Crippen MR) is 101 cm³/mol. The minimum Gasteiger partial charge on any atom is -0.495 e. The van der Waals surface area contributed by atoms with E-state index in [0.29, 0.717) is 33.7 Å². The summed E-state index contributed by atoms with van der Waals surface area (Å²) in [6.45, 7) is 0.202.